The number of hydrogen-bond acceptors (Lipinski definition) is 4. The van der Waals surface area contributed by atoms with E-state index in [9.17, 15) is 5.11 Å². The molecule has 0 spiro atoms. The van der Waals surface area contributed by atoms with Crippen LogP contribution in [-0.2, 0) is 0 Å². The van der Waals surface area contributed by atoms with Gasteiger partial charge in [0.25, 0.3) is 0 Å². The summed E-state index contributed by atoms with van der Waals surface area (Å²) in [4.78, 5) is 0. The normalized spacial score (nSPS) is 10.9. The zero-order valence-corrected chi connectivity index (χ0v) is 8.11. The summed E-state index contributed by atoms with van der Waals surface area (Å²) in [5, 5.41) is 19.2. The summed E-state index contributed by atoms with van der Waals surface area (Å²) in [6.07, 6.45) is 0. The van der Waals surface area contributed by atoms with Gasteiger partial charge >= 0.3 is 0 Å². The summed E-state index contributed by atoms with van der Waals surface area (Å²) in [6, 6.07) is 11.1. The molecule has 2 aromatic rings. The van der Waals surface area contributed by atoms with E-state index in [1.165, 1.54) is 11.3 Å². The van der Waals surface area contributed by atoms with Gasteiger partial charge in [0.1, 0.15) is 5.69 Å². The zero-order chi connectivity index (χ0) is 9.80. The second kappa shape index (κ2) is 4.02. The minimum absolute atomic E-state index is 0.199. The van der Waals surface area contributed by atoms with Crippen LogP contribution in [0.3, 0.4) is 0 Å². The van der Waals surface area contributed by atoms with E-state index < -0.39 is 0 Å². The topological polar surface area (TPSA) is 45.0 Å². The lowest BCUT2D eigenvalue weighted by Crippen LogP contribution is -1.60. The molecule has 0 saturated heterocycles. The van der Waals surface area contributed by atoms with E-state index in [-0.39, 0.29) is 5.06 Å². The zero-order valence-electron chi connectivity index (χ0n) is 7.29. The summed E-state index contributed by atoms with van der Waals surface area (Å²) < 4.78 is 0. The molecule has 0 aliphatic heterocycles. The van der Waals surface area contributed by atoms with E-state index in [2.05, 4.69) is 10.2 Å². The van der Waals surface area contributed by atoms with Crippen molar-refractivity contribution in [1.82, 2.24) is 0 Å². The Bertz CT molecular complexity index is 436. The lowest BCUT2D eigenvalue weighted by Gasteiger charge is -1.89. The predicted octanol–water partition coefficient (Wildman–Crippen LogP) is 3.87. The number of aromatic hydroxyl groups is 1. The first-order valence-electron chi connectivity index (χ1n) is 4.09. The van der Waals surface area contributed by atoms with Crippen LogP contribution < -0.4 is 0 Å². The standard InChI is InChI=1S/C10H8N2OS/c13-10-9(6-7-14-10)12-11-8-4-2-1-3-5-8/h1-7,13H/b12-11+. The van der Waals surface area contributed by atoms with Gasteiger partial charge in [-0.05, 0) is 23.6 Å². The number of azo groups is 1. The van der Waals surface area contributed by atoms with E-state index in [1.807, 2.05) is 30.3 Å². The van der Waals surface area contributed by atoms with Crippen molar-refractivity contribution in [3.63, 3.8) is 0 Å². The molecular formula is C10H8N2OS. The van der Waals surface area contributed by atoms with Gasteiger partial charge in [-0.3, -0.25) is 0 Å². The van der Waals surface area contributed by atoms with Crippen LogP contribution in [0.2, 0.25) is 0 Å². The van der Waals surface area contributed by atoms with Crippen molar-refractivity contribution in [1.29, 1.82) is 0 Å². The number of nitrogens with zero attached hydrogens (tertiary/aromatic N) is 2. The Morgan fingerprint density at radius 1 is 1.00 bits per heavy atom. The second-order valence-electron chi connectivity index (χ2n) is 2.65. The third-order valence-corrected chi connectivity index (χ3v) is 2.36. The molecule has 14 heavy (non-hydrogen) atoms. The average Bonchev–Trinajstić information content (AvgIpc) is 2.63. The molecule has 0 atom stereocenters. The van der Waals surface area contributed by atoms with Crippen LogP contribution >= 0.6 is 11.3 Å². The highest BCUT2D eigenvalue weighted by Gasteiger charge is 1.98. The van der Waals surface area contributed by atoms with Crippen LogP contribution in [-0.4, -0.2) is 5.11 Å². The highest BCUT2D eigenvalue weighted by molar-refractivity contribution is 7.12. The Morgan fingerprint density at radius 2 is 1.79 bits per heavy atom. The molecule has 0 unspecified atom stereocenters. The SMILES string of the molecule is Oc1sccc1/N=N/c1ccccc1. The molecule has 3 nitrogen and oxygen atoms in total. The van der Waals surface area contributed by atoms with E-state index in [0.717, 1.165) is 5.69 Å². The summed E-state index contributed by atoms with van der Waals surface area (Å²) in [7, 11) is 0. The van der Waals surface area contributed by atoms with E-state index >= 15 is 0 Å². The third kappa shape index (κ3) is 1.97. The number of rotatable bonds is 2. The van der Waals surface area contributed by atoms with Gasteiger partial charge in [0.05, 0.1) is 5.69 Å². The molecule has 1 N–H and O–H groups in total. The maximum Gasteiger partial charge on any atom is 0.199 e. The van der Waals surface area contributed by atoms with Crippen LogP contribution in [0.4, 0.5) is 11.4 Å². The fourth-order valence-electron chi connectivity index (χ4n) is 0.977. The molecular weight excluding hydrogens is 196 g/mol. The molecule has 0 fully saturated rings. The van der Waals surface area contributed by atoms with Crippen LogP contribution in [0.1, 0.15) is 0 Å². The smallest absolute Gasteiger partial charge is 0.199 e. The molecule has 0 aliphatic carbocycles. The van der Waals surface area contributed by atoms with Gasteiger partial charge in [-0.1, -0.05) is 18.2 Å². The van der Waals surface area contributed by atoms with Crippen molar-refractivity contribution in [2.45, 2.75) is 0 Å². The van der Waals surface area contributed by atoms with E-state index in [0.29, 0.717) is 5.69 Å². The van der Waals surface area contributed by atoms with Gasteiger partial charge in [-0.15, -0.1) is 16.5 Å². The van der Waals surface area contributed by atoms with Gasteiger partial charge in [0.15, 0.2) is 5.06 Å². The van der Waals surface area contributed by atoms with Crippen molar-refractivity contribution < 1.29 is 5.11 Å². The molecule has 1 aromatic heterocycles. The maximum atomic E-state index is 9.29. The molecule has 4 heteroatoms. The molecule has 0 amide bonds. The van der Waals surface area contributed by atoms with Crippen molar-refractivity contribution in [2.24, 2.45) is 10.2 Å². The summed E-state index contributed by atoms with van der Waals surface area (Å²) >= 11 is 1.24. The maximum absolute atomic E-state index is 9.29. The average molecular weight is 204 g/mol. The minimum Gasteiger partial charge on any atom is -0.498 e. The quantitative estimate of drug-likeness (QED) is 0.741. The third-order valence-electron chi connectivity index (χ3n) is 1.65. The molecule has 0 bridgehead atoms. The lowest BCUT2D eigenvalue weighted by molar-refractivity contribution is 0.492. The lowest BCUT2D eigenvalue weighted by atomic mass is 10.3. The Morgan fingerprint density at radius 3 is 2.43 bits per heavy atom. The van der Waals surface area contributed by atoms with Crippen molar-refractivity contribution in [3.8, 4) is 5.06 Å². The van der Waals surface area contributed by atoms with Gasteiger partial charge < -0.3 is 5.11 Å². The van der Waals surface area contributed by atoms with Gasteiger partial charge in [0.2, 0.25) is 0 Å². The molecule has 1 aromatic carbocycles. The fraction of sp³-hybridized carbons (Fsp3) is 0. The fourth-order valence-corrected chi connectivity index (χ4v) is 1.53. The molecule has 70 valence electrons. The van der Waals surface area contributed by atoms with Crippen molar-refractivity contribution >= 4 is 22.7 Å². The molecule has 0 saturated carbocycles. The monoisotopic (exact) mass is 204 g/mol. The van der Waals surface area contributed by atoms with Crippen LogP contribution in [0.15, 0.2) is 52.0 Å². The van der Waals surface area contributed by atoms with Gasteiger partial charge in [-0.2, -0.15) is 5.11 Å². The van der Waals surface area contributed by atoms with Crippen molar-refractivity contribution in [2.75, 3.05) is 0 Å². The Kier molecular flexibility index (Phi) is 2.55. The Labute approximate surface area is 85.4 Å². The van der Waals surface area contributed by atoms with Crippen molar-refractivity contribution in [3.05, 3.63) is 41.8 Å². The highest BCUT2D eigenvalue weighted by Crippen LogP contribution is 2.33. The molecule has 2 rings (SSSR count). The van der Waals surface area contributed by atoms with Gasteiger partial charge in [0, 0.05) is 0 Å². The summed E-state index contributed by atoms with van der Waals surface area (Å²) in [5.74, 6) is 0. The molecule has 0 aliphatic rings. The summed E-state index contributed by atoms with van der Waals surface area (Å²) in [5.41, 5.74) is 1.29. The first-order valence-corrected chi connectivity index (χ1v) is 4.97. The molecule has 1 heterocycles. The van der Waals surface area contributed by atoms with Gasteiger partial charge in [-0.25, -0.2) is 0 Å². The number of thiophene rings is 1. The minimum atomic E-state index is 0.199. The first-order chi connectivity index (χ1) is 6.86. The highest BCUT2D eigenvalue weighted by atomic mass is 32.1. The van der Waals surface area contributed by atoms with Crippen LogP contribution in [0.25, 0.3) is 0 Å². The Hall–Kier alpha value is -1.68. The van der Waals surface area contributed by atoms with Crippen LogP contribution in [0.5, 0.6) is 5.06 Å². The Balaban J connectivity index is 2.20. The van der Waals surface area contributed by atoms with Crippen LogP contribution in [0, 0.1) is 0 Å². The largest absolute Gasteiger partial charge is 0.498 e. The molecule has 0 radical (unpaired) electrons. The predicted molar refractivity (Wildman–Crippen MR) is 56.6 cm³/mol. The number of hydrogen-bond donors (Lipinski definition) is 1. The van der Waals surface area contributed by atoms with E-state index in [4.69, 9.17) is 0 Å². The van der Waals surface area contributed by atoms with E-state index in [1.54, 1.807) is 11.4 Å². The number of benzene rings is 1. The first kappa shape index (κ1) is 8.90. The second-order valence-corrected chi connectivity index (χ2v) is 3.54. The summed E-state index contributed by atoms with van der Waals surface area (Å²) in [6.45, 7) is 0.